The monoisotopic (exact) mass is 708 g/mol. The smallest absolute Gasteiger partial charge is 0.382 e. The Bertz CT molecular complexity index is 1610. The third-order valence-corrected chi connectivity index (χ3v) is 8.94. The van der Waals surface area contributed by atoms with Crippen molar-refractivity contribution in [3.63, 3.8) is 0 Å². The third-order valence-electron chi connectivity index (χ3n) is 8.94. The Balaban J connectivity index is 1.74. The summed E-state index contributed by atoms with van der Waals surface area (Å²) in [6, 6.07) is 23.2. The molecule has 8 nitrogen and oxygen atoms in total. The first-order chi connectivity index (χ1) is 24.1. The molecule has 0 aliphatic rings. The van der Waals surface area contributed by atoms with Crippen molar-refractivity contribution in [3.05, 3.63) is 96.1 Å². The Kier molecular flexibility index (Phi) is 15.3. The number of amides is 2. The van der Waals surface area contributed by atoms with Crippen LogP contribution in [0.25, 0.3) is 11.1 Å². The van der Waals surface area contributed by atoms with Gasteiger partial charge >= 0.3 is 6.18 Å². The topological polar surface area (TPSA) is 130 Å². The van der Waals surface area contributed by atoms with E-state index in [0.29, 0.717) is 12.0 Å². The van der Waals surface area contributed by atoms with Gasteiger partial charge in [-0.25, -0.2) is 0 Å². The number of nitrogens with one attached hydrogen (secondary N) is 2. The standard InChI is InChI=1S/C40H47F3N2O6/c1-25(2)32(24-35(47)31-19-17-30(18-20-31)29-13-9-6-10-14-29)39(51)44-33(22-16-28-11-7-5-8-12-28)36(48)23-26(3)38(50)45-34(21-15-27(4)46)37(49)40(41,42)43/h5-14,17-20,25-26,32-34,37,49H,15-16,21-24H2,1-4H3,(H,44,51)(H,45,50)/t26-,32+,33-,34?,37?/m1/s1. The molecule has 2 unspecified atom stereocenters. The van der Waals surface area contributed by atoms with Crippen LogP contribution in [0.2, 0.25) is 0 Å². The van der Waals surface area contributed by atoms with E-state index in [-0.39, 0.29) is 31.0 Å². The lowest BCUT2D eigenvalue weighted by Gasteiger charge is -2.27. The summed E-state index contributed by atoms with van der Waals surface area (Å²) in [5, 5.41) is 14.8. The molecule has 0 fully saturated rings. The first kappa shape index (κ1) is 40.8. The predicted octanol–water partition coefficient (Wildman–Crippen LogP) is 6.69. The number of carbonyl (C=O) groups excluding carboxylic acids is 5. The number of Topliss-reactive ketones (excluding diaryl/α,β-unsaturated/α-hetero) is 3. The van der Waals surface area contributed by atoms with Crippen molar-refractivity contribution in [1.29, 1.82) is 0 Å². The highest BCUT2D eigenvalue weighted by Gasteiger charge is 2.44. The van der Waals surface area contributed by atoms with Crippen LogP contribution in [-0.4, -0.2) is 58.6 Å². The van der Waals surface area contributed by atoms with E-state index in [1.54, 1.807) is 26.0 Å². The fraction of sp³-hybridized carbons (Fsp3) is 0.425. The fourth-order valence-electron chi connectivity index (χ4n) is 5.73. The van der Waals surface area contributed by atoms with Gasteiger partial charge in [-0.1, -0.05) is 106 Å². The maximum absolute atomic E-state index is 13.7. The van der Waals surface area contributed by atoms with Crippen LogP contribution in [0.15, 0.2) is 84.9 Å². The van der Waals surface area contributed by atoms with Gasteiger partial charge in [-0.15, -0.1) is 0 Å². The molecular formula is C40H47F3N2O6. The number of aliphatic hydroxyl groups excluding tert-OH is 1. The molecule has 0 aliphatic heterocycles. The number of hydrogen-bond donors (Lipinski definition) is 3. The van der Waals surface area contributed by atoms with Crippen LogP contribution >= 0.6 is 0 Å². The van der Waals surface area contributed by atoms with Crippen LogP contribution < -0.4 is 10.6 Å². The van der Waals surface area contributed by atoms with E-state index in [2.05, 4.69) is 10.6 Å². The number of alkyl halides is 3. The van der Waals surface area contributed by atoms with Crippen LogP contribution in [0.3, 0.4) is 0 Å². The molecule has 0 aliphatic carbocycles. The second-order valence-electron chi connectivity index (χ2n) is 13.4. The second kappa shape index (κ2) is 19.1. The largest absolute Gasteiger partial charge is 0.416 e. The van der Waals surface area contributed by atoms with Crippen LogP contribution in [0, 0.1) is 17.8 Å². The Hall–Kier alpha value is -4.64. The maximum atomic E-state index is 13.7. The molecule has 0 spiro atoms. The minimum absolute atomic E-state index is 0.101. The van der Waals surface area contributed by atoms with Crippen molar-refractivity contribution in [2.75, 3.05) is 0 Å². The number of benzene rings is 3. The SMILES string of the molecule is CC(=O)CCC(NC(=O)[C@H](C)CC(=O)[C@@H](CCc1ccccc1)NC(=O)[C@@H](CC(=O)c1ccc(-c2ccccc2)cc1)C(C)C)C(O)C(F)(F)F. The number of aliphatic hydroxyl groups is 1. The first-order valence-electron chi connectivity index (χ1n) is 17.2. The summed E-state index contributed by atoms with van der Waals surface area (Å²) in [6.07, 6.45) is -8.61. The zero-order chi connectivity index (χ0) is 37.7. The summed E-state index contributed by atoms with van der Waals surface area (Å²) in [6.45, 7) is 6.17. The first-order valence-corrected chi connectivity index (χ1v) is 17.2. The molecule has 3 rings (SSSR count). The van der Waals surface area contributed by atoms with Crippen LogP contribution in [0.4, 0.5) is 13.2 Å². The van der Waals surface area contributed by atoms with Gasteiger partial charge in [0.1, 0.15) is 5.78 Å². The van der Waals surface area contributed by atoms with E-state index in [0.717, 1.165) is 16.7 Å². The number of carbonyl (C=O) groups is 5. The van der Waals surface area contributed by atoms with Gasteiger partial charge in [0.15, 0.2) is 17.7 Å². The van der Waals surface area contributed by atoms with Crippen molar-refractivity contribution in [1.82, 2.24) is 10.6 Å². The zero-order valence-electron chi connectivity index (χ0n) is 29.4. The van der Waals surface area contributed by atoms with E-state index >= 15 is 0 Å². The molecule has 2 amide bonds. The van der Waals surface area contributed by atoms with Gasteiger partial charge in [0.2, 0.25) is 11.8 Å². The zero-order valence-corrected chi connectivity index (χ0v) is 29.4. The van der Waals surface area contributed by atoms with Crippen molar-refractivity contribution < 1.29 is 42.3 Å². The van der Waals surface area contributed by atoms with Gasteiger partial charge in [0, 0.05) is 36.7 Å². The summed E-state index contributed by atoms with van der Waals surface area (Å²) in [7, 11) is 0. The quantitative estimate of drug-likeness (QED) is 0.119. The van der Waals surface area contributed by atoms with Crippen molar-refractivity contribution in [3.8, 4) is 11.1 Å². The Morgan fingerprint density at radius 1 is 0.725 bits per heavy atom. The molecular weight excluding hydrogens is 661 g/mol. The van der Waals surface area contributed by atoms with Crippen LogP contribution in [-0.2, 0) is 25.6 Å². The summed E-state index contributed by atoms with van der Waals surface area (Å²) >= 11 is 0. The van der Waals surface area contributed by atoms with Gasteiger partial charge < -0.3 is 20.5 Å². The molecule has 5 atom stereocenters. The second-order valence-corrected chi connectivity index (χ2v) is 13.4. The molecule has 3 N–H and O–H groups in total. The minimum Gasteiger partial charge on any atom is -0.382 e. The van der Waals surface area contributed by atoms with E-state index < -0.39 is 72.4 Å². The van der Waals surface area contributed by atoms with Crippen molar-refractivity contribution >= 4 is 29.2 Å². The lowest BCUT2D eigenvalue weighted by atomic mass is 9.87. The normalized spacial score (nSPS) is 14.5. The molecule has 3 aromatic carbocycles. The molecule has 11 heteroatoms. The van der Waals surface area contributed by atoms with Gasteiger partial charge in [-0.05, 0) is 48.8 Å². The molecule has 0 saturated carbocycles. The van der Waals surface area contributed by atoms with Crippen LogP contribution in [0.5, 0.6) is 0 Å². The maximum Gasteiger partial charge on any atom is 0.416 e. The molecule has 0 radical (unpaired) electrons. The number of halogens is 3. The highest BCUT2D eigenvalue weighted by molar-refractivity contribution is 6.00. The van der Waals surface area contributed by atoms with E-state index in [4.69, 9.17) is 0 Å². The number of hydrogen-bond acceptors (Lipinski definition) is 6. The summed E-state index contributed by atoms with van der Waals surface area (Å²) < 4.78 is 39.9. The van der Waals surface area contributed by atoms with Crippen molar-refractivity contribution in [2.45, 2.75) is 90.6 Å². The summed E-state index contributed by atoms with van der Waals surface area (Å²) in [5.41, 5.74) is 3.29. The van der Waals surface area contributed by atoms with E-state index in [1.165, 1.54) is 13.8 Å². The lowest BCUT2D eigenvalue weighted by Crippen LogP contribution is -2.52. The highest BCUT2D eigenvalue weighted by atomic mass is 19.4. The Labute approximate surface area is 297 Å². The molecule has 0 heterocycles. The average Bonchev–Trinajstić information content (AvgIpc) is 3.10. The fourth-order valence-corrected chi connectivity index (χ4v) is 5.73. The summed E-state index contributed by atoms with van der Waals surface area (Å²) in [4.78, 5) is 65.1. The van der Waals surface area contributed by atoms with Gasteiger partial charge in [0.25, 0.3) is 0 Å². The van der Waals surface area contributed by atoms with Crippen molar-refractivity contribution in [2.24, 2.45) is 17.8 Å². The van der Waals surface area contributed by atoms with Crippen LogP contribution in [0.1, 0.15) is 75.7 Å². The highest BCUT2D eigenvalue weighted by Crippen LogP contribution is 2.26. The number of aryl methyl sites for hydroxylation is 1. The van der Waals surface area contributed by atoms with E-state index in [1.807, 2.05) is 72.8 Å². The average molecular weight is 709 g/mol. The molecule has 3 aromatic rings. The summed E-state index contributed by atoms with van der Waals surface area (Å²) in [5.74, 6) is -4.71. The Morgan fingerprint density at radius 3 is 1.84 bits per heavy atom. The Morgan fingerprint density at radius 2 is 1.29 bits per heavy atom. The van der Waals surface area contributed by atoms with Gasteiger partial charge in [0.05, 0.1) is 12.1 Å². The minimum atomic E-state index is -5.04. The molecule has 0 bridgehead atoms. The van der Waals surface area contributed by atoms with Gasteiger partial charge in [-0.2, -0.15) is 13.2 Å². The number of rotatable bonds is 19. The number of ketones is 3. The van der Waals surface area contributed by atoms with E-state index in [9.17, 15) is 42.3 Å². The lowest BCUT2D eigenvalue weighted by molar-refractivity contribution is -0.213. The third kappa shape index (κ3) is 12.9. The van der Waals surface area contributed by atoms with Gasteiger partial charge in [-0.3, -0.25) is 19.2 Å². The molecule has 274 valence electrons. The predicted molar refractivity (Wildman–Crippen MR) is 189 cm³/mol. The molecule has 51 heavy (non-hydrogen) atoms. The molecule has 0 aromatic heterocycles. The molecule has 0 saturated heterocycles.